The van der Waals surface area contributed by atoms with Gasteiger partial charge in [-0.2, -0.15) is 0 Å². The summed E-state index contributed by atoms with van der Waals surface area (Å²) in [6.45, 7) is 6.63. The fraction of sp³-hybridized carbons (Fsp3) is 0.0741. The molecule has 0 saturated heterocycles. The van der Waals surface area contributed by atoms with Crippen LogP contribution in [-0.2, 0) is 5.41 Å². The molecule has 2 aromatic heterocycles. The highest BCUT2D eigenvalue weighted by Gasteiger charge is 2.26. The molecular formula is C54H38N2O. The summed E-state index contributed by atoms with van der Waals surface area (Å²) in [5, 5.41) is 6.29. The molecule has 0 radical (unpaired) electrons. The van der Waals surface area contributed by atoms with Gasteiger partial charge in [0.15, 0.2) is 5.58 Å². The van der Waals surface area contributed by atoms with Crippen LogP contribution < -0.4 is 4.90 Å². The van der Waals surface area contributed by atoms with Gasteiger partial charge < -0.3 is 13.9 Å². The second-order valence-corrected chi connectivity index (χ2v) is 16.0. The predicted octanol–water partition coefficient (Wildman–Crippen LogP) is 15.4. The second-order valence-electron chi connectivity index (χ2n) is 16.0. The van der Waals surface area contributed by atoms with Gasteiger partial charge in [-0.15, -0.1) is 0 Å². The first-order chi connectivity index (χ1) is 31.2. The van der Waals surface area contributed by atoms with Crippen molar-refractivity contribution < 1.29 is 15.4 Å². The molecule has 57 heavy (non-hydrogen) atoms. The molecule has 1 aliphatic rings. The SMILES string of the molecule is [2H]c1c([2H])c([2H])c2c(c1[2H])c1c([2H])c([2H])c([2H])c([2H])c1n2-c1ccc2cc3c(cc2c1)-c1cc2cc(N(c4ccccc4)c4cccc5c4oc4c(C(C)(C)C)cccc45)ccc2cc1-3. The van der Waals surface area contributed by atoms with E-state index >= 15 is 0 Å². The van der Waals surface area contributed by atoms with Crippen molar-refractivity contribution in [2.45, 2.75) is 26.2 Å². The largest absolute Gasteiger partial charge is 0.454 e. The zero-order valence-electron chi connectivity index (χ0n) is 39.4. The zero-order valence-corrected chi connectivity index (χ0v) is 31.4. The van der Waals surface area contributed by atoms with Gasteiger partial charge >= 0.3 is 0 Å². The lowest BCUT2D eigenvalue weighted by molar-refractivity contribution is 0.573. The first-order valence-corrected chi connectivity index (χ1v) is 19.2. The molecule has 12 rings (SSSR count). The van der Waals surface area contributed by atoms with Crippen LogP contribution in [0.25, 0.3) is 93.2 Å². The maximum Gasteiger partial charge on any atom is 0.159 e. The third kappa shape index (κ3) is 4.72. The number of benzene rings is 9. The van der Waals surface area contributed by atoms with Crippen molar-refractivity contribution in [1.82, 2.24) is 4.57 Å². The number of furan rings is 1. The van der Waals surface area contributed by atoms with Crippen LogP contribution in [0.15, 0.2) is 180 Å². The van der Waals surface area contributed by atoms with E-state index in [-0.39, 0.29) is 51.4 Å². The minimum Gasteiger partial charge on any atom is -0.454 e. The van der Waals surface area contributed by atoms with Gasteiger partial charge in [0, 0.05) is 44.2 Å². The highest BCUT2D eigenvalue weighted by Crippen LogP contribution is 2.51. The molecule has 3 nitrogen and oxygen atoms in total. The van der Waals surface area contributed by atoms with E-state index in [0.717, 1.165) is 88.4 Å². The number of anilines is 3. The molecule has 270 valence electrons. The first-order valence-electron chi connectivity index (χ1n) is 23.2. The maximum absolute atomic E-state index is 8.97. The Labute approximate surface area is 341 Å². The van der Waals surface area contributed by atoms with Crippen LogP contribution in [-0.4, -0.2) is 4.57 Å². The third-order valence-corrected chi connectivity index (χ3v) is 11.6. The Hall–Kier alpha value is -7.10. The molecule has 3 heteroatoms. The van der Waals surface area contributed by atoms with Gasteiger partial charge in [0.1, 0.15) is 5.58 Å². The lowest BCUT2D eigenvalue weighted by Crippen LogP contribution is -2.11. The van der Waals surface area contributed by atoms with E-state index in [4.69, 9.17) is 15.4 Å². The number of rotatable bonds is 4. The molecule has 0 unspecified atom stereocenters. The number of nitrogens with zero attached hydrogens (tertiary/aromatic N) is 2. The molecule has 0 aliphatic heterocycles. The maximum atomic E-state index is 8.97. The summed E-state index contributed by atoms with van der Waals surface area (Å²) in [6.07, 6.45) is 0. The molecular weight excluding hydrogens is 693 g/mol. The number of para-hydroxylation sites is 5. The molecule has 0 N–H and O–H groups in total. The molecule has 0 saturated carbocycles. The average Bonchev–Trinajstić information content (AvgIpc) is 3.88. The first kappa shape index (κ1) is 25.1. The summed E-state index contributed by atoms with van der Waals surface area (Å²) in [5.41, 5.74) is 10.9. The monoisotopic (exact) mass is 738 g/mol. The van der Waals surface area contributed by atoms with E-state index in [2.05, 4.69) is 117 Å². The summed E-state index contributed by atoms with van der Waals surface area (Å²) < 4.78 is 77.9. The lowest BCUT2D eigenvalue weighted by atomic mass is 9.78. The summed E-state index contributed by atoms with van der Waals surface area (Å²) >= 11 is 0. The Balaban J connectivity index is 1.01. The van der Waals surface area contributed by atoms with E-state index in [1.807, 2.05) is 36.4 Å². The Morgan fingerprint density at radius 2 is 1.07 bits per heavy atom. The number of aromatic nitrogens is 1. The fourth-order valence-corrected chi connectivity index (χ4v) is 8.93. The minimum atomic E-state index is -0.462. The van der Waals surface area contributed by atoms with Crippen molar-refractivity contribution >= 4 is 82.4 Å². The standard InChI is InChI=1S/C54H38N2O/c1-54(2,3)48-19-11-17-42-43-18-12-22-51(53(43)57-52(42)48)55(37-13-5-4-6-14-37)38-25-23-33-29-44-45-30-34-24-26-39(28-36(34)32-47(45)46(44)31-35(33)27-38)56-49-20-9-7-15-40(49)41-16-8-10-21-50(41)56/h4-32H,1-3H3/i7D,8D,9D,10D,15D,16D,20D,21D. The van der Waals surface area contributed by atoms with Crippen LogP contribution in [0.3, 0.4) is 0 Å². The average molecular weight is 739 g/mol. The number of hydrogen-bond acceptors (Lipinski definition) is 2. The smallest absolute Gasteiger partial charge is 0.159 e. The van der Waals surface area contributed by atoms with Crippen molar-refractivity contribution in [3.8, 4) is 27.9 Å². The Bertz CT molecular complexity index is 3840. The predicted molar refractivity (Wildman–Crippen MR) is 241 cm³/mol. The molecule has 2 heterocycles. The Morgan fingerprint density at radius 3 is 1.74 bits per heavy atom. The highest BCUT2D eigenvalue weighted by molar-refractivity contribution is 6.14. The molecule has 1 aliphatic carbocycles. The normalized spacial score (nSPS) is 14.4. The summed E-state index contributed by atoms with van der Waals surface area (Å²) in [7, 11) is 0. The van der Waals surface area contributed by atoms with Crippen molar-refractivity contribution in [3.63, 3.8) is 0 Å². The topological polar surface area (TPSA) is 21.3 Å². The second kappa shape index (κ2) is 11.7. The van der Waals surface area contributed by atoms with Crippen molar-refractivity contribution in [3.05, 3.63) is 181 Å². The van der Waals surface area contributed by atoms with E-state index in [1.165, 1.54) is 0 Å². The minimum absolute atomic E-state index is 0.0604. The molecule has 0 spiro atoms. The number of hydrogen-bond donors (Lipinski definition) is 0. The summed E-state index contributed by atoms with van der Waals surface area (Å²) in [5.74, 6) is 0. The molecule has 9 aromatic carbocycles. The van der Waals surface area contributed by atoms with Crippen molar-refractivity contribution in [1.29, 1.82) is 0 Å². The summed E-state index contributed by atoms with van der Waals surface area (Å²) in [6, 6.07) is 41.1. The van der Waals surface area contributed by atoms with Crippen LogP contribution in [0.2, 0.25) is 0 Å². The Kier molecular flexibility index (Phi) is 5.16. The van der Waals surface area contributed by atoms with Crippen LogP contribution >= 0.6 is 0 Å². The van der Waals surface area contributed by atoms with E-state index < -0.39 is 24.2 Å². The van der Waals surface area contributed by atoms with Crippen molar-refractivity contribution in [2.24, 2.45) is 0 Å². The van der Waals surface area contributed by atoms with E-state index in [0.29, 0.717) is 5.69 Å². The zero-order chi connectivity index (χ0) is 45.0. The molecule has 0 fully saturated rings. The fourth-order valence-electron chi connectivity index (χ4n) is 8.93. The van der Waals surface area contributed by atoms with Gasteiger partial charge in [-0.05, 0) is 128 Å². The quantitative estimate of drug-likeness (QED) is 0.179. The Morgan fingerprint density at radius 1 is 0.491 bits per heavy atom. The lowest BCUT2D eigenvalue weighted by Gasteiger charge is -2.28. The van der Waals surface area contributed by atoms with Crippen molar-refractivity contribution in [2.75, 3.05) is 4.90 Å². The van der Waals surface area contributed by atoms with Gasteiger partial charge in [-0.1, -0.05) is 118 Å². The van der Waals surface area contributed by atoms with Gasteiger partial charge in [0.05, 0.1) is 27.7 Å². The van der Waals surface area contributed by atoms with Crippen LogP contribution in [0.5, 0.6) is 0 Å². The molecule has 0 amide bonds. The van der Waals surface area contributed by atoms with E-state index in [1.54, 1.807) is 4.57 Å². The summed E-state index contributed by atoms with van der Waals surface area (Å²) in [4.78, 5) is 2.26. The van der Waals surface area contributed by atoms with Gasteiger partial charge in [-0.25, -0.2) is 0 Å². The van der Waals surface area contributed by atoms with Gasteiger partial charge in [-0.3, -0.25) is 0 Å². The van der Waals surface area contributed by atoms with E-state index in [9.17, 15) is 0 Å². The van der Waals surface area contributed by atoms with Crippen LogP contribution in [0.1, 0.15) is 37.3 Å². The van der Waals surface area contributed by atoms with Gasteiger partial charge in [0.25, 0.3) is 0 Å². The third-order valence-electron chi connectivity index (χ3n) is 11.6. The van der Waals surface area contributed by atoms with Crippen LogP contribution in [0.4, 0.5) is 17.1 Å². The molecule has 0 atom stereocenters. The molecule has 0 bridgehead atoms. The van der Waals surface area contributed by atoms with Crippen LogP contribution in [0, 0.1) is 0 Å². The molecule has 11 aromatic rings. The number of fused-ring (bicyclic) bond motifs is 12. The van der Waals surface area contributed by atoms with Gasteiger partial charge in [0.2, 0.25) is 0 Å². The highest BCUT2D eigenvalue weighted by atomic mass is 16.3.